The van der Waals surface area contributed by atoms with Gasteiger partial charge < -0.3 is 9.73 Å². The Bertz CT molecular complexity index is 721. The van der Waals surface area contributed by atoms with Crippen molar-refractivity contribution in [3.63, 3.8) is 0 Å². The number of hydrogen-bond donors (Lipinski definition) is 2. The molecule has 22 heavy (non-hydrogen) atoms. The molecule has 112 valence electrons. The highest BCUT2D eigenvalue weighted by Crippen LogP contribution is 2.11. The van der Waals surface area contributed by atoms with E-state index >= 15 is 0 Å². The highest BCUT2D eigenvalue weighted by Gasteiger charge is 2.04. The smallest absolute Gasteiger partial charge is 0.250 e. The summed E-state index contributed by atoms with van der Waals surface area (Å²) in [5, 5.41) is 5.51. The van der Waals surface area contributed by atoms with Gasteiger partial charge in [-0.15, -0.1) is 0 Å². The Morgan fingerprint density at radius 3 is 2.73 bits per heavy atom. The summed E-state index contributed by atoms with van der Waals surface area (Å²) in [5.74, 6) is 0.153. The zero-order valence-electron chi connectivity index (χ0n) is 11.8. The van der Waals surface area contributed by atoms with Crippen molar-refractivity contribution in [2.45, 2.75) is 6.92 Å². The second kappa shape index (κ2) is 7.33. The predicted molar refractivity (Wildman–Crippen MR) is 88.6 cm³/mol. The van der Waals surface area contributed by atoms with E-state index in [0.717, 1.165) is 0 Å². The summed E-state index contributed by atoms with van der Waals surface area (Å²) >= 11 is 5.05. The lowest BCUT2D eigenvalue weighted by Gasteiger charge is -2.08. The summed E-state index contributed by atoms with van der Waals surface area (Å²) in [6.07, 6.45) is 4.37. The van der Waals surface area contributed by atoms with Crippen molar-refractivity contribution in [3.05, 3.63) is 60.1 Å². The number of ketones is 1. The Kier molecular flexibility index (Phi) is 5.21. The summed E-state index contributed by atoms with van der Waals surface area (Å²) in [5.41, 5.74) is 1.20. The van der Waals surface area contributed by atoms with Crippen molar-refractivity contribution in [1.82, 2.24) is 5.32 Å². The lowest BCUT2D eigenvalue weighted by molar-refractivity contribution is -0.115. The molecule has 0 fully saturated rings. The van der Waals surface area contributed by atoms with Gasteiger partial charge in [-0.1, -0.05) is 12.1 Å². The third-order valence-electron chi connectivity index (χ3n) is 2.71. The van der Waals surface area contributed by atoms with Crippen LogP contribution in [0.4, 0.5) is 5.69 Å². The molecule has 1 aromatic heterocycles. The van der Waals surface area contributed by atoms with Crippen LogP contribution in [-0.4, -0.2) is 16.8 Å². The Hall–Kier alpha value is -2.73. The van der Waals surface area contributed by atoms with Crippen molar-refractivity contribution in [2.75, 3.05) is 5.32 Å². The quantitative estimate of drug-likeness (QED) is 0.516. The molecule has 1 aromatic carbocycles. The molecule has 0 unspecified atom stereocenters. The predicted octanol–water partition coefficient (Wildman–Crippen LogP) is 3.01. The van der Waals surface area contributed by atoms with E-state index in [2.05, 4.69) is 10.6 Å². The van der Waals surface area contributed by atoms with E-state index in [1.165, 1.54) is 25.3 Å². The SMILES string of the molecule is CC(=O)c1cccc(NC(=S)NC(=O)C=Cc2ccco2)c1. The number of nitrogens with one attached hydrogen (secondary N) is 2. The van der Waals surface area contributed by atoms with E-state index in [1.54, 1.807) is 36.4 Å². The second-order valence-corrected chi connectivity index (χ2v) is 4.84. The Balaban J connectivity index is 1.91. The van der Waals surface area contributed by atoms with E-state index in [4.69, 9.17) is 16.6 Å². The van der Waals surface area contributed by atoms with Crippen molar-refractivity contribution in [3.8, 4) is 0 Å². The van der Waals surface area contributed by atoms with E-state index < -0.39 is 0 Å². The fourth-order valence-electron chi connectivity index (χ4n) is 1.68. The summed E-state index contributed by atoms with van der Waals surface area (Å²) in [4.78, 5) is 23.0. The Morgan fingerprint density at radius 1 is 1.23 bits per heavy atom. The Labute approximate surface area is 133 Å². The third-order valence-corrected chi connectivity index (χ3v) is 2.91. The zero-order valence-corrected chi connectivity index (χ0v) is 12.6. The van der Waals surface area contributed by atoms with Gasteiger partial charge in [0.2, 0.25) is 5.91 Å². The highest BCUT2D eigenvalue weighted by molar-refractivity contribution is 7.80. The minimum absolute atomic E-state index is 0.0417. The lowest BCUT2D eigenvalue weighted by atomic mass is 10.1. The van der Waals surface area contributed by atoms with Crippen molar-refractivity contribution < 1.29 is 14.0 Å². The van der Waals surface area contributed by atoms with Crippen LogP contribution < -0.4 is 10.6 Å². The van der Waals surface area contributed by atoms with Crippen LogP contribution in [0.1, 0.15) is 23.0 Å². The molecule has 0 bridgehead atoms. The summed E-state index contributed by atoms with van der Waals surface area (Å²) < 4.78 is 5.07. The highest BCUT2D eigenvalue weighted by atomic mass is 32.1. The summed E-state index contributed by atoms with van der Waals surface area (Å²) in [7, 11) is 0. The van der Waals surface area contributed by atoms with Crippen molar-refractivity contribution in [2.24, 2.45) is 0 Å². The van der Waals surface area contributed by atoms with Gasteiger partial charge in [-0.2, -0.15) is 0 Å². The molecular weight excluding hydrogens is 300 g/mol. The van der Waals surface area contributed by atoms with Crippen LogP contribution >= 0.6 is 12.2 Å². The van der Waals surface area contributed by atoms with Crippen LogP contribution in [0, 0.1) is 0 Å². The molecule has 1 amide bonds. The van der Waals surface area contributed by atoms with Gasteiger partial charge in [0.15, 0.2) is 10.9 Å². The number of furan rings is 1. The first-order valence-corrected chi connectivity index (χ1v) is 6.90. The van der Waals surface area contributed by atoms with Gasteiger partial charge in [-0.25, -0.2) is 0 Å². The molecule has 0 aliphatic rings. The van der Waals surface area contributed by atoms with Gasteiger partial charge in [0.1, 0.15) is 5.76 Å². The maximum atomic E-state index is 11.7. The number of thiocarbonyl (C=S) groups is 1. The number of benzene rings is 1. The average molecular weight is 314 g/mol. The molecule has 2 N–H and O–H groups in total. The molecule has 0 saturated carbocycles. The molecular formula is C16H14N2O3S. The first-order valence-electron chi connectivity index (χ1n) is 6.49. The number of amides is 1. The molecule has 2 aromatic rings. The first kappa shape index (κ1) is 15.7. The minimum atomic E-state index is -0.378. The topological polar surface area (TPSA) is 71.3 Å². The standard InChI is InChI=1S/C16H14N2O3S/c1-11(19)12-4-2-5-13(10-12)17-16(22)18-15(20)8-7-14-6-3-9-21-14/h2-10H,1H3,(H2,17,18,20,22). The van der Waals surface area contributed by atoms with Gasteiger partial charge >= 0.3 is 0 Å². The monoisotopic (exact) mass is 314 g/mol. The molecule has 1 heterocycles. The van der Waals surface area contributed by atoms with Gasteiger partial charge in [0.25, 0.3) is 0 Å². The Morgan fingerprint density at radius 2 is 2.05 bits per heavy atom. The zero-order chi connectivity index (χ0) is 15.9. The summed E-state index contributed by atoms with van der Waals surface area (Å²) in [6, 6.07) is 10.3. The number of carbonyl (C=O) groups excluding carboxylic acids is 2. The van der Waals surface area contributed by atoms with Crippen LogP contribution in [0.25, 0.3) is 6.08 Å². The summed E-state index contributed by atoms with van der Waals surface area (Å²) in [6.45, 7) is 1.48. The molecule has 0 atom stereocenters. The van der Waals surface area contributed by atoms with Gasteiger partial charge in [0.05, 0.1) is 6.26 Å². The number of Topliss-reactive ketones (excluding diaryl/α,β-unsaturated/α-hetero) is 1. The minimum Gasteiger partial charge on any atom is -0.465 e. The van der Waals surface area contributed by atoms with Crippen LogP contribution in [0.15, 0.2) is 53.2 Å². The third kappa shape index (κ3) is 4.68. The molecule has 0 aliphatic carbocycles. The van der Waals surface area contributed by atoms with E-state index in [-0.39, 0.29) is 16.8 Å². The number of rotatable bonds is 4. The first-order chi connectivity index (χ1) is 10.5. The fraction of sp³-hybridized carbons (Fsp3) is 0.0625. The molecule has 5 nitrogen and oxygen atoms in total. The molecule has 0 saturated heterocycles. The maximum absolute atomic E-state index is 11.7. The van der Waals surface area contributed by atoms with E-state index in [0.29, 0.717) is 17.0 Å². The second-order valence-electron chi connectivity index (χ2n) is 4.43. The van der Waals surface area contributed by atoms with Crippen LogP contribution in [0.2, 0.25) is 0 Å². The number of carbonyl (C=O) groups is 2. The number of anilines is 1. The molecule has 6 heteroatoms. The van der Waals surface area contributed by atoms with Gasteiger partial charge in [-0.05, 0) is 49.5 Å². The number of hydrogen-bond acceptors (Lipinski definition) is 4. The van der Waals surface area contributed by atoms with E-state index in [1.807, 2.05) is 0 Å². The van der Waals surface area contributed by atoms with Crippen molar-refractivity contribution in [1.29, 1.82) is 0 Å². The largest absolute Gasteiger partial charge is 0.465 e. The molecule has 0 aliphatic heterocycles. The van der Waals surface area contributed by atoms with Crippen LogP contribution in [0.5, 0.6) is 0 Å². The fourth-order valence-corrected chi connectivity index (χ4v) is 1.89. The van der Waals surface area contributed by atoms with Crippen LogP contribution in [-0.2, 0) is 4.79 Å². The van der Waals surface area contributed by atoms with E-state index in [9.17, 15) is 9.59 Å². The lowest BCUT2D eigenvalue weighted by Crippen LogP contribution is -2.32. The molecule has 0 radical (unpaired) electrons. The van der Waals surface area contributed by atoms with Gasteiger partial charge in [-0.3, -0.25) is 14.9 Å². The average Bonchev–Trinajstić information content (AvgIpc) is 2.98. The maximum Gasteiger partial charge on any atom is 0.250 e. The van der Waals surface area contributed by atoms with Crippen LogP contribution in [0.3, 0.4) is 0 Å². The normalized spacial score (nSPS) is 10.4. The van der Waals surface area contributed by atoms with Crippen molar-refractivity contribution >= 4 is 40.8 Å². The molecule has 2 rings (SSSR count). The van der Waals surface area contributed by atoms with Gasteiger partial charge in [0, 0.05) is 17.3 Å². The molecule has 0 spiro atoms.